The number of allylic oxidation sites excluding steroid dienone is 1. The number of carbonyl (C=O) groups excluding carboxylic acids is 2. The summed E-state index contributed by atoms with van der Waals surface area (Å²) >= 11 is 0. The fourth-order valence-electron chi connectivity index (χ4n) is 5.18. The van der Waals surface area contributed by atoms with Gasteiger partial charge in [0.05, 0.1) is 5.56 Å². The third-order valence-corrected chi connectivity index (χ3v) is 7.11. The molecule has 0 fully saturated rings. The molecule has 2 amide bonds. The van der Waals surface area contributed by atoms with Gasteiger partial charge in [-0.1, -0.05) is 24.3 Å². The van der Waals surface area contributed by atoms with E-state index >= 15 is 0 Å². The molecule has 1 heterocycles. The van der Waals surface area contributed by atoms with E-state index in [0.29, 0.717) is 42.6 Å². The van der Waals surface area contributed by atoms with Crippen LogP contribution in [0.2, 0.25) is 0 Å². The first-order chi connectivity index (χ1) is 17.7. The van der Waals surface area contributed by atoms with Crippen molar-refractivity contribution in [2.24, 2.45) is 5.41 Å². The van der Waals surface area contributed by atoms with E-state index in [-0.39, 0.29) is 11.3 Å². The molecule has 0 aromatic heterocycles. The fraction of sp³-hybridized carbons (Fsp3) is 0.207. The zero-order chi connectivity index (χ0) is 26.2. The van der Waals surface area contributed by atoms with Crippen LogP contribution in [0.25, 0.3) is 0 Å². The molecule has 0 saturated carbocycles. The van der Waals surface area contributed by atoms with Crippen molar-refractivity contribution in [3.63, 3.8) is 0 Å². The Morgan fingerprint density at radius 3 is 2.43 bits per heavy atom. The van der Waals surface area contributed by atoms with E-state index in [1.54, 1.807) is 17.0 Å². The van der Waals surface area contributed by atoms with E-state index in [1.807, 2.05) is 30.3 Å². The lowest BCUT2D eigenvalue weighted by molar-refractivity contribution is -0.132. The number of carbonyl (C=O) groups is 3. The van der Waals surface area contributed by atoms with E-state index in [9.17, 15) is 28.3 Å². The van der Waals surface area contributed by atoms with E-state index < -0.39 is 29.1 Å². The van der Waals surface area contributed by atoms with Crippen LogP contribution in [0.1, 0.15) is 45.5 Å². The molecule has 5 rings (SSSR count). The first-order valence-electron chi connectivity index (χ1n) is 12.0. The molecule has 0 radical (unpaired) electrons. The number of halogens is 2. The van der Waals surface area contributed by atoms with Crippen molar-refractivity contribution in [2.45, 2.75) is 25.7 Å². The molecule has 3 aromatic rings. The molecule has 2 N–H and O–H groups in total. The summed E-state index contributed by atoms with van der Waals surface area (Å²) in [4.78, 5) is 39.2. The van der Waals surface area contributed by atoms with Gasteiger partial charge in [0.15, 0.2) is 0 Å². The maximum absolute atomic E-state index is 13.9. The van der Waals surface area contributed by atoms with Gasteiger partial charge in [0, 0.05) is 29.1 Å². The normalized spacial score (nSPS) is 18.6. The molecule has 37 heavy (non-hydrogen) atoms. The lowest BCUT2D eigenvalue weighted by Crippen LogP contribution is -2.33. The van der Waals surface area contributed by atoms with E-state index in [4.69, 9.17) is 0 Å². The Balaban J connectivity index is 1.36. The molecule has 1 unspecified atom stereocenters. The standard InChI is InChI=1S/C29H24F2N2O4/c30-21-7-10-24(31)23(15-21)26(34)32-22-8-5-18(6-9-22)27(35)33-14-13-29(12-11-20(17-29)28(36)37)16-19-3-1-2-4-25(19)33/h1-10,15,17H,11-14,16H2,(H,32,34)(H,36,37). The fourth-order valence-corrected chi connectivity index (χ4v) is 5.18. The molecular formula is C29H24F2N2O4. The summed E-state index contributed by atoms with van der Waals surface area (Å²) in [5.74, 6) is -3.48. The maximum Gasteiger partial charge on any atom is 0.331 e. The third kappa shape index (κ3) is 4.87. The Labute approximate surface area is 212 Å². The van der Waals surface area contributed by atoms with Crippen molar-refractivity contribution in [3.05, 3.63) is 107 Å². The molecule has 188 valence electrons. The monoisotopic (exact) mass is 502 g/mol. The second kappa shape index (κ2) is 9.61. The summed E-state index contributed by atoms with van der Waals surface area (Å²) in [6, 6.07) is 16.5. The van der Waals surface area contributed by atoms with Crippen LogP contribution >= 0.6 is 0 Å². The van der Waals surface area contributed by atoms with Gasteiger partial charge in [0.25, 0.3) is 11.8 Å². The number of carboxylic acids is 1. The molecule has 0 bridgehead atoms. The van der Waals surface area contributed by atoms with Crippen molar-refractivity contribution in [1.82, 2.24) is 0 Å². The minimum atomic E-state index is -0.894. The zero-order valence-electron chi connectivity index (χ0n) is 19.8. The van der Waals surface area contributed by atoms with Gasteiger partial charge in [-0.05, 0) is 85.2 Å². The lowest BCUT2D eigenvalue weighted by atomic mass is 9.79. The van der Waals surface area contributed by atoms with Gasteiger partial charge in [-0.15, -0.1) is 0 Å². The van der Waals surface area contributed by atoms with E-state index in [1.165, 1.54) is 12.1 Å². The van der Waals surface area contributed by atoms with Crippen molar-refractivity contribution in [2.75, 3.05) is 16.8 Å². The van der Waals surface area contributed by atoms with Crippen LogP contribution in [-0.4, -0.2) is 29.4 Å². The molecule has 1 spiro atoms. The van der Waals surface area contributed by atoms with Crippen molar-refractivity contribution in [1.29, 1.82) is 0 Å². The van der Waals surface area contributed by atoms with Crippen LogP contribution in [0.5, 0.6) is 0 Å². The van der Waals surface area contributed by atoms with Gasteiger partial charge in [-0.25, -0.2) is 13.6 Å². The molecule has 8 heteroatoms. The minimum absolute atomic E-state index is 0.223. The summed E-state index contributed by atoms with van der Waals surface area (Å²) < 4.78 is 27.3. The Bertz CT molecular complexity index is 1430. The highest BCUT2D eigenvalue weighted by Crippen LogP contribution is 2.46. The van der Waals surface area contributed by atoms with Crippen LogP contribution in [0, 0.1) is 17.0 Å². The predicted octanol–water partition coefficient (Wildman–Crippen LogP) is 5.60. The number of fused-ring (bicyclic) bond motifs is 1. The smallest absolute Gasteiger partial charge is 0.331 e. The highest BCUT2D eigenvalue weighted by Gasteiger charge is 2.39. The second-order valence-corrected chi connectivity index (χ2v) is 9.51. The summed E-state index contributed by atoms with van der Waals surface area (Å²) in [6.45, 7) is 0.427. The number of hydrogen-bond acceptors (Lipinski definition) is 3. The number of anilines is 2. The van der Waals surface area contributed by atoms with Crippen LogP contribution in [0.4, 0.5) is 20.2 Å². The van der Waals surface area contributed by atoms with Gasteiger partial charge in [-0.2, -0.15) is 0 Å². The number of nitrogens with one attached hydrogen (secondary N) is 1. The number of rotatable bonds is 4. The van der Waals surface area contributed by atoms with Crippen LogP contribution in [0.15, 0.2) is 78.4 Å². The number of amides is 2. The Hall–Kier alpha value is -4.33. The largest absolute Gasteiger partial charge is 0.478 e. The van der Waals surface area contributed by atoms with Gasteiger partial charge in [0.1, 0.15) is 11.6 Å². The first-order valence-corrected chi connectivity index (χ1v) is 12.0. The zero-order valence-corrected chi connectivity index (χ0v) is 19.8. The number of nitrogens with zero attached hydrogens (tertiary/aromatic N) is 1. The lowest BCUT2D eigenvalue weighted by Gasteiger charge is -2.26. The Kier molecular flexibility index (Phi) is 6.33. The number of para-hydroxylation sites is 1. The second-order valence-electron chi connectivity index (χ2n) is 9.51. The molecule has 1 aliphatic heterocycles. The highest BCUT2D eigenvalue weighted by atomic mass is 19.1. The molecule has 6 nitrogen and oxygen atoms in total. The van der Waals surface area contributed by atoms with Gasteiger partial charge in [-0.3, -0.25) is 9.59 Å². The van der Waals surface area contributed by atoms with Crippen LogP contribution in [0.3, 0.4) is 0 Å². The van der Waals surface area contributed by atoms with Crippen molar-refractivity contribution < 1.29 is 28.3 Å². The summed E-state index contributed by atoms with van der Waals surface area (Å²) in [6.07, 6.45) is 4.41. The average molecular weight is 503 g/mol. The third-order valence-electron chi connectivity index (χ3n) is 7.11. The minimum Gasteiger partial charge on any atom is -0.478 e. The Morgan fingerprint density at radius 1 is 0.946 bits per heavy atom. The van der Waals surface area contributed by atoms with Gasteiger partial charge in [0.2, 0.25) is 0 Å². The number of hydrogen-bond donors (Lipinski definition) is 2. The van der Waals surface area contributed by atoms with E-state index in [2.05, 4.69) is 5.32 Å². The van der Waals surface area contributed by atoms with Crippen LogP contribution < -0.4 is 10.2 Å². The molecule has 1 aliphatic carbocycles. The SMILES string of the molecule is O=C(O)C1=CC2(CC1)CCN(C(=O)c1ccc(NC(=O)c3cc(F)ccc3F)cc1)c1ccccc1C2. The summed E-state index contributed by atoms with van der Waals surface area (Å²) in [5, 5.41) is 12.0. The molecular weight excluding hydrogens is 478 g/mol. The quantitative estimate of drug-likeness (QED) is 0.486. The topological polar surface area (TPSA) is 86.7 Å². The van der Waals surface area contributed by atoms with Crippen molar-refractivity contribution >= 4 is 29.2 Å². The molecule has 3 aromatic carbocycles. The Morgan fingerprint density at radius 2 is 1.70 bits per heavy atom. The predicted molar refractivity (Wildman–Crippen MR) is 135 cm³/mol. The van der Waals surface area contributed by atoms with Crippen molar-refractivity contribution in [3.8, 4) is 0 Å². The molecule has 0 saturated heterocycles. The van der Waals surface area contributed by atoms with Gasteiger partial charge < -0.3 is 15.3 Å². The summed E-state index contributed by atoms with van der Waals surface area (Å²) in [7, 11) is 0. The average Bonchev–Trinajstić information content (AvgIpc) is 3.23. The number of carboxylic acid groups (broad SMARTS) is 1. The van der Waals surface area contributed by atoms with Gasteiger partial charge >= 0.3 is 5.97 Å². The first kappa shape index (κ1) is 24.4. The number of benzene rings is 3. The molecule has 2 aliphatic rings. The highest BCUT2D eigenvalue weighted by molar-refractivity contribution is 6.08. The maximum atomic E-state index is 13.9. The summed E-state index contributed by atoms with van der Waals surface area (Å²) in [5.41, 5.74) is 2.21. The van der Waals surface area contributed by atoms with Crippen LogP contribution in [-0.2, 0) is 11.2 Å². The molecule has 1 atom stereocenters. The number of aliphatic carboxylic acids is 1. The van der Waals surface area contributed by atoms with E-state index in [0.717, 1.165) is 35.9 Å².